The van der Waals surface area contributed by atoms with Gasteiger partial charge in [-0.05, 0) is 22.4 Å². The summed E-state index contributed by atoms with van der Waals surface area (Å²) in [6, 6.07) is 21.5. The van der Waals surface area contributed by atoms with E-state index in [1.54, 1.807) is 0 Å². The van der Waals surface area contributed by atoms with E-state index in [4.69, 9.17) is 4.74 Å². The summed E-state index contributed by atoms with van der Waals surface area (Å²) in [7, 11) is 0. The number of aliphatic hydroxyl groups is 1. The van der Waals surface area contributed by atoms with Crippen LogP contribution in [0, 0.1) is 0 Å². The fraction of sp³-hybridized carbons (Fsp3) is 0.227. The van der Waals surface area contributed by atoms with E-state index in [1.807, 2.05) is 66.7 Å². The smallest absolute Gasteiger partial charge is 0.224 e. The highest BCUT2D eigenvalue weighted by molar-refractivity contribution is 5.90. The van der Waals surface area contributed by atoms with E-state index < -0.39 is 5.60 Å². The van der Waals surface area contributed by atoms with Crippen LogP contribution in [-0.2, 0) is 16.8 Å². The van der Waals surface area contributed by atoms with Crippen molar-refractivity contribution in [1.82, 2.24) is 5.32 Å². The molecule has 3 aromatic rings. The van der Waals surface area contributed by atoms with Crippen LogP contribution in [0.15, 0.2) is 66.7 Å². The van der Waals surface area contributed by atoms with E-state index in [1.165, 1.54) is 0 Å². The molecule has 4 rings (SSSR count). The molecule has 0 spiro atoms. The van der Waals surface area contributed by atoms with Gasteiger partial charge in [0.05, 0.1) is 19.6 Å². The average Bonchev–Trinajstić information content (AvgIpc) is 2.67. The zero-order valence-corrected chi connectivity index (χ0v) is 14.4. The summed E-state index contributed by atoms with van der Waals surface area (Å²) >= 11 is 0. The molecule has 1 aliphatic rings. The number of para-hydroxylation sites is 1. The highest BCUT2D eigenvalue weighted by Gasteiger charge is 2.35. The summed E-state index contributed by atoms with van der Waals surface area (Å²) in [5.74, 6) is 0.586. The molecule has 0 radical (unpaired) electrons. The molecule has 0 aromatic heterocycles. The number of benzene rings is 3. The van der Waals surface area contributed by atoms with E-state index in [0.717, 1.165) is 21.9 Å². The molecular formula is C22H21NO3. The van der Waals surface area contributed by atoms with Crippen molar-refractivity contribution >= 4 is 16.7 Å². The Kier molecular flexibility index (Phi) is 4.35. The second-order valence-electron chi connectivity index (χ2n) is 6.72. The van der Waals surface area contributed by atoms with Crippen molar-refractivity contribution < 1.29 is 14.6 Å². The van der Waals surface area contributed by atoms with Gasteiger partial charge in [0.1, 0.15) is 11.4 Å². The molecule has 1 aliphatic heterocycles. The molecule has 0 aliphatic carbocycles. The van der Waals surface area contributed by atoms with Crippen LogP contribution >= 0.6 is 0 Å². The lowest BCUT2D eigenvalue weighted by Gasteiger charge is -2.34. The zero-order chi connectivity index (χ0) is 18.0. The molecule has 4 nitrogen and oxygen atoms in total. The second-order valence-corrected chi connectivity index (χ2v) is 6.72. The average molecular weight is 347 g/mol. The molecule has 4 heteroatoms. The molecule has 0 saturated carbocycles. The molecule has 1 atom stereocenters. The van der Waals surface area contributed by atoms with Crippen LogP contribution in [0.5, 0.6) is 5.75 Å². The maximum Gasteiger partial charge on any atom is 0.224 e. The maximum atomic E-state index is 12.5. The van der Waals surface area contributed by atoms with Crippen LogP contribution in [0.4, 0.5) is 0 Å². The van der Waals surface area contributed by atoms with Crippen LogP contribution < -0.4 is 10.1 Å². The number of fused-ring (bicyclic) bond motifs is 2. The highest BCUT2D eigenvalue weighted by Crippen LogP contribution is 2.36. The van der Waals surface area contributed by atoms with Gasteiger partial charge >= 0.3 is 0 Å². The van der Waals surface area contributed by atoms with Gasteiger partial charge in [-0.25, -0.2) is 0 Å². The van der Waals surface area contributed by atoms with Crippen molar-refractivity contribution in [1.29, 1.82) is 0 Å². The van der Waals surface area contributed by atoms with Gasteiger partial charge in [-0.3, -0.25) is 4.79 Å². The standard InChI is InChI=1S/C22H21NO3/c24-21(14-17-8-5-7-16-6-1-2-9-18(16)17)23-15-22(25)12-13-26-20-11-4-3-10-19(20)22/h1-11,25H,12-15H2,(H,23,24)/t22-/m1/s1. The minimum atomic E-state index is -1.09. The Bertz CT molecular complexity index is 948. The predicted octanol–water partition coefficient (Wildman–Crippen LogP) is 3.17. The van der Waals surface area contributed by atoms with Crippen LogP contribution in [0.1, 0.15) is 17.5 Å². The molecule has 2 N–H and O–H groups in total. The van der Waals surface area contributed by atoms with Gasteiger partial charge in [0, 0.05) is 12.0 Å². The van der Waals surface area contributed by atoms with Gasteiger partial charge in [-0.15, -0.1) is 0 Å². The van der Waals surface area contributed by atoms with Gasteiger partial charge in [0.2, 0.25) is 5.91 Å². The summed E-state index contributed by atoms with van der Waals surface area (Å²) in [6.45, 7) is 0.615. The van der Waals surface area contributed by atoms with Crippen LogP contribution in [-0.4, -0.2) is 24.2 Å². The molecule has 0 bridgehead atoms. The fourth-order valence-electron chi connectivity index (χ4n) is 3.55. The predicted molar refractivity (Wildman–Crippen MR) is 101 cm³/mol. The SMILES string of the molecule is O=C(Cc1cccc2ccccc12)NC[C@]1(O)CCOc2ccccc21. The van der Waals surface area contributed by atoms with Crippen molar-refractivity contribution in [3.63, 3.8) is 0 Å². The summed E-state index contributed by atoms with van der Waals surface area (Å²) in [5, 5.41) is 16.1. The Labute approximate surface area is 152 Å². The monoisotopic (exact) mass is 347 g/mol. The normalized spacial score (nSPS) is 18.8. The van der Waals surface area contributed by atoms with E-state index in [9.17, 15) is 9.90 Å². The molecule has 0 fully saturated rings. The van der Waals surface area contributed by atoms with Gasteiger partial charge in [-0.2, -0.15) is 0 Å². The van der Waals surface area contributed by atoms with Crippen molar-refractivity contribution in [3.05, 3.63) is 77.9 Å². The number of nitrogens with one attached hydrogen (secondary N) is 1. The quantitative estimate of drug-likeness (QED) is 0.762. The molecule has 0 unspecified atom stereocenters. The maximum absolute atomic E-state index is 12.5. The van der Waals surface area contributed by atoms with Gasteiger partial charge < -0.3 is 15.2 Å². The van der Waals surface area contributed by atoms with Gasteiger partial charge in [0.25, 0.3) is 0 Å². The van der Waals surface area contributed by atoms with Crippen molar-refractivity contribution in [2.24, 2.45) is 0 Å². The molecule has 26 heavy (non-hydrogen) atoms. The molecule has 1 amide bonds. The Morgan fingerprint density at radius 1 is 1.04 bits per heavy atom. The lowest BCUT2D eigenvalue weighted by atomic mass is 9.88. The zero-order valence-electron chi connectivity index (χ0n) is 14.4. The minimum Gasteiger partial charge on any atom is -0.493 e. The fourth-order valence-corrected chi connectivity index (χ4v) is 3.55. The van der Waals surface area contributed by atoms with Gasteiger partial charge in [0.15, 0.2) is 0 Å². The molecule has 3 aromatic carbocycles. The van der Waals surface area contributed by atoms with E-state index in [0.29, 0.717) is 18.8 Å². The Balaban J connectivity index is 1.48. The number of hydrogen-bond donors (Lipinski definition) is 2. The first-order chi connectivity index (χ1) is 12.7. The first-order valence-electron chi connectivity index (χ1n) is 8.84. The van der Waals surface area contributed by atoms with Gasteiger partial charge in [-0.1, -0.05) is 60.7 Å². The first-order valence-corrected chi connectivity index (χ1v) is 8.84. The molecule has 132 valence electrons. The molecular weight excluding hydrogens is 326 g/mol. The minimum absolute atomic E-state index is 0.0984. The number of hydrogen-bond acceptors (Lipinski definition) is 3. The molecule has 1 heterocycles. The van der Waals surface area contributed by atoms with Crippen molar-refractivity contribution in [2.75, 3.05) is 13.2 Å². The topological polar surface area (TPSA) is 58.6 Å². The second kappa shape index (κ2) is 6.81. The van der Waals surface area contributed by atoms with Crippen molar-refractivity contribution in [3.8, 4) is 5.75 Å². The summed E-state index contributed by atoms with van der Waals surface area (Å²) in [4.78, 5) is 12.5. The Morgan fingerprint density at radius 3 is 2.73 bits per heavy atom. The largest absolute Gasteiger partial charge is 0.493 e. The van der Waals surface area contributed by atoms with E-state index >= 15 is 0 Å². The lowest BCUT2D eigenvalue weighted by molar-refractivity contribution is -0.122. The Morgan fingerprint density at radius 2 is 1.81 bits per heavy atom. The number of ether oxygens (including phenoxy) is 1. The van der Waals surface area contributed by atoms with Crippen LogP contribution in [0.3, 0.4) is 0 Å². The van der Waals surface area contributed by atoms with E-state index in [2.05, 4.69) is 5.32 Å². The third-order valence-corrected chi connectivity index (χ3v) is 4.97. The third-order valence-electron chi connectivity index (χ3n) is 4.97. The highest BCUT2D eigenvalue weighted by atomic mass is 16.5. The first kappa shape index (κ1) is 16.6. The number of carbonyl (C=O) groups is 1. The number of carbonyl (C=O) groups excluding carboxylic acids is 1. The lowest BCUT2D eigenvalue weighted by Crippen LogP contribution is -2.44. The molecule has 0 saturated heterocycles. The summed E-state index contributed by atoms with van der Waals surface area (Å²) < 4.78 is 5.60. The summed E-state index contributed by atoms with van der Waals surface area (Å²) in [5.41, 5.74) is 0.625. The third kappa shape index (κ3) is 3.16. The van der Waals surface area contributed by atoms with Crippen LogP contribution in [0.2, 0.25) is 0 Å². The number of rotatable bonds is 4. The Hall–Kier alpha value is -2.85. The van der Waals surface area contributed by atoms with E-state index in [-0.39, 0.29) is 18.9 Å². The summed E-state index contributed by atoms with van der Waals surface area (Å²) in [6.07, 6.45) is 0.744. The number of amides is 1. The van der Waals surface area contributed by atoms with Crippen molar-refractivity contribution in [2.45, 2.75) is 18.4 Å². The van der Waals surface area contributed by atoms with Crippen LogP contribution in [0.25, 0.3) is 10.8 Å².